The SMILES string of the molecule is Cc1nn(-c2ccccc2)c2c1C(c1ccc(Cl)cc1)C1=C(CC(c3cccs3)CC1=O)N2. The van der Waals surface area contributed by atoms with E-state index >= 15 is 0 Å². The van der Waals surface area contributed by atoms with Gasteiger partial charge in [-0.25, -0.2) is 4.68 Å². The Morgan fingerprint density at radius 2 is 1.82 bits per heavy atom. The van der Waals surface area contributed by atoms with Gasteiger partial charge in [0.1, 0.15) is 5.82 Å². The third-order valence-corrected chi connectivity index (χ3v) is 7.90. The number of hydrogen-bond acceptors (Lipinski definition) is 4. The molecule has 164 valence electrons. The minimum Gasteiger partial charge on any atom is -0.343 e. The van der Waals surface area contributed by atoms with Crippen LogP contribution >= 0.6 is 22.9 Å². The molecular weight excluding hydrogens is 450 g/mol. The number of carbonyl (C=O) groups excluding carboxylic acids is 1. The van der Waals surface area contributed by atoms with E-state index in [2.05, 4.69) is 35.0 Å². The van der Waals surface area contributed by atoms with Crippen LogP contribution in [0.5, 0.6) is 0 Å². The lowest BCUT2D eigenvalue weighted by molar-refractivity contribution is -0.116. The highest BCUT2D eigenvalue weighted by Gasteiger charge is 2.41. The number of thiophene rings is 1. The second-order valence-electron chi connectivity index (χ2n) is 8.64. The van der Waals surface area contributed by atoms with Crippen molar-refractivity contribution in [1.29, 1.82) is 0 Å². The standard InChI is InChI=1S/C27H22ClN3OS/c1-16-24-25(17-9-11-19(28)12-10-17)26-21(14-18(15-22(26)32)23-8-5-13-33-23)29-27(24)31(30-16)20-6-3-2-4-7-20/h2-13,18,25,29H,14-15H2,1H3. The number of benzene rings is 2. The Hall–Kier alpha value is -3.15. The molecule has 0 spiro atoms. The number of Topliss-reactive ketones (excluding diaryl/α,β-unsaturated/α-hetero) is 1. The summed E-state index contributed by atoms with van der Waals surface area (Å²) in [5.74, 6) is 1.18. The maximum atomic E-state index is 13.6. The van der Waals surface area contributed by atoms with Crippen LogP contribution in [-0.4, -0.2) is 15.6 Å². The van der Waals surface area contributed by atoms with E-state index in [1.165, 1.54) is 4.88 Å². The van der Waals surface area contributed by atoms with Gasteiger partial charge in [-0.1, -0.05) is 48.0 Å². The smallest absolute Gasteiger partial charge is 0.162 e. The highest BCUT2D eigenvalue weighted by molar-refractivity contribution is 7.10. The molecule has 2 unspecified atom stereocenters. The van der Waals surface area contributed by atoms with E-state index in [-0.39, 0.29) is 17.6 Å². The lowest BCUT2D eigenvalue weighted by atomic mass is 9.73. The van der Waals surface area contributed by atoms with Crippen molar-refractivity contribution in [2.45, 2.75) is 31.6 Å². The molecule has 0 radical (unpaired) electrons. The van der Waals surface area contributed by atoms with Gasteiger partial charge in [0.25, 0.3) is 0 Å². The fourth-order valence-corrected chi connectivity index (χ4v) is 6.10. The molecule has 0 saturated carbocycles. The van der Waals surface area contributed by atoms with Crippen molar-refractivity contribution in [2.24, 2.45) is 0 Å². The number of carbonyl (C=O) groups is 1. The zero-order valence-electron chi connectivity index (χ0n) is 18.1. The summed E-state index contributed by atoms with van der Waals surface area (Å²) in [7, 11) is 0. The average molecular weight is 472 g/mol. The number of hydrogen-bond donors (Lipinski definition) is 1. The van der Waals surface area contributed by atoms with Crippen molar-refractivity contribution in [1.82, 2.24) is 9.78 Å². The fourth-order valence-electron chi connectivity index (χ4n) is 5.15. The molecule has 33 heavy (non-hydrogen) atoms. The van der Waals surface area contributed by atoms with E-state index in [1.807, 2.05) is 54.1 Å². The molecule has 0 fully saturated rings. The first-order valence-electron chi connectivity index (χ1n) is 11.1. The summed E-state index contributed by atoms with van der Waals surface area (Å²) in [5, 5.41) is 11.3. The minimum atomic E-state index is -0.164. The highest BCUT2D eigenvalue weighted by atomic mass is 35.5. The molecule has 1 N–H and O–H groups in total. The molecule has 2 aliphatic rings. The third-order valence-electron chi connectivity index (χ3n) is 6.61. The number of para-hydroxylation sites is 1. The number of fused-ring (bicyclic) bond motifs is 1. The Kier molecular flexibility index (Phi) is 4.97. The second kappa shape index (κ2) is 8.01. The van der Waals surface area contributed by atoms with E-state index in [0.717, 1.165) is 46.0 Å². The van der Waals surface area contributed by atoms with Gasteiger partial charge in [0, 0.05) is 45.0 Å². The summed E-state index contributed by atoms with van der Waals surface area (Å²) >= 11 is 7.93. The molecule has 2 atom stereocenters. The van der Waals surface area contributed by atoms with Gasteiger partial charge < -0.3 is 5.32 Å². The fraction of sp³-hybridized carbons (Fsp3) is 0.185. The van der Waals surface area contributed by atoms with Crippen molar-refractivity contribution in [2.75, 3.05) is 5.32 Å². The van der Waals surface area contributed by atoms with Crippen LogP contribution in [0.2, 0.25) is 5.02 Å². The second-order valence-corrected chi connectivity index (χ2v) is 10.1. The molecule has 0 amide bonds. The van der Waals surface area contributed by atoms with Gasteiger partial charge in [-0.05, 0) is 54.6 Å². The number of aryl methyl sites for hydroxylation is 1. The minimum absolute atomic E-state index is 0.164. The molecular formula is C27H22ClN3OS. The zero-order valence-corrected chi connectivity index (χ0v) is 19.7. The molecule has 4 nitrogen and oxygen atoms in total. The number of anilines is 1. The maximum absolute atomic E-state index is 13.6. The van der Waals surface area contributed by atoms with Crippen LogP contribution in [-0.2, 0) is 4.79 Å². The van der Waals surface area contributed by atoms with Crippen LogP contribution < -0.4 is 5.32 Å². The first-order valence-corrected chi connectivity index (χ1v) is 12.3. The summed E-state index contributed by atoms with van der Waals surface area (Å²) in [6.07, 6.45) is 1.34. The number of ketones is 1. The molecule has 0 saturated heterocycles. The van der Waals surface area contributed by atoms with E-state index in [1.54, 1.807) is 11.3 Å². The molecule has 6 rings (SSSR count). The van der Waals surface area contributed by atoms with Gasteiger partial charge in [-0.3, -0.25) is 4.79 Å². The van der Waals surface area contributed by atoms with E-state index in [0.29, 0.717) is 11.4 Å². The van der Waals surface area contributed by atoms with E-state index in [9.17, 15) is 4.79 Å². The molecule has 6 heteroatoms. The molecule has 2 aromatic heterocycles. The summed E-state index contributed by atoms with van der Waals surface area (Å²) in [6, 6.07) is 22.2. The number of aromatic nitrogens is 2. The topological polar surface area (TPSA) is 46.9 Å². The predicted octanol–water partition coefficient (Wildman–Crippen LogP) is 6.85. The molecule has 1 aliphatic heterocycles. The summed E-state index contributed by atoms with van der Waals surface area (Å²) in [6.45, 7) is 2.02. The van der Waals surface area contributed by atoms with Crippen molar-refractivity contribution < 1.29 is 4.79 Å². The summed E-state index contributed by atoms with van der Waals surface area (Å²) < 4.78 is 1.97. The largest absolute Gasteiger partial charge is 0.343 e. The van der Waals surface area contributed by atoms with Crippen LogP contribution in [0.25, 0.3) is 5.69 Å². The number of nitrogens with one attached hydrogen (secondary N) is 1. The molecule has 2 aromatic carbocycles. The Morgan fingerprint density at radius 3 is 2.55 bits per heavy atom. The first-order chi connectivity index (χ1) is 16.1. The average Bonchev–Trinajstić information content (AvgIpc) is 3.48. The van der Waals surface area contributed by atoms with Gasteiger partial charge in [0.15, 0.2) is 5.78 Å². The van der Waals surface area contributed by atoms with E-state index in [4.69, 9.17) is 16.7 Å². The normalized spacial score (nSPS) is 19.8. The molecule has 1 aliphatic carbocycles. The molecule has 4 aromatic rings. The zero-order chi connectivity index (χ0) is 22.5. The number of rotatable bonds is 3. The van der Waals surface area contributed by atoms with Crippen LogP contribution in [0.1, 0.15) is 46.4 Å². The van der Waals surface area contributed by atoms with E-state index < -0.39 is 0 Å². The van der Waals surface area contributed by atoms with Gasteiger partial charge >= 0.3 is 0 Å². The van der Waals surface area contributed by atoms with Crippen molar-refractivity contribution >= 4 is 34.5 Å². The lowest BCUT2D eigenvalue weighted by Gasteiger charge is -2.35. The van der Waals surface area contributed by atoms with Crippen LogP contribution in [0.3, 0.4) is 0 Å². The van der Waals surface area contributed by atoms with Crippen molar-refractivity contribution in [3.8, 4) is 5.69 Å². The third kappa shape index (κ3) is 3.43. The predicted molar refractivity (Wildman–Crippen MR) is 134 cm³/mol. The van der Waals surface area contributed by atoms with Crippen LogP contribution in [0, 0.1) is 6.92 Å². The Balaban J connectivity index is 1.54. The van der Waals surface area contributed by atoms with Gasteiger partial charge in [0.05, 0.1) is 11.4 Å². The number of halogens is 1. The lowest BCUT2D eigenvalue weighted by Crippen LogP contribution is -2.30. The van der Waals surface area contributed by atoms with Crippen LogP contribution in [0.4, 0.5) is 5.82 Å². The van der Waals surface area contributed by atoms with Gasteiger partial charge in [-0.2, -0.15) is 5.10 Å². The molecule has 3 heterocycles. The molecule has 0 bridgehead atoms. The maximum Gasteiger partial charge on any atom is 0.162 e. The monoisotopic (exact) mass is 471 g/mol. The van der Waals surface area contributed by atoms with Gasteiger partial charge in [-0.15, -0.1) is 11.3 Å². The Morgan fingerprint density at radius 1 is 1.03 bits per heavy atom. The van der Waals surface area contributed by atoms with Gasteiger partial charge in [0.2, 0.25) is 0 Å². The Labute approximate surface area is 201 Å². The van der Waals surface area contributed by atoms with Crippen LogP contribution in [0.15, 0.2) is 83.4 Å². The number of allylic oxidation sites excluding steroid dienone is 2. The quantitative estimate of drug-likeness (QED) is 0.355. The van der Waals surface area contributed by atoms with Crippen molar-refractivity contribution in [3.63, 3.8) is 0 Å². The van der Waals surface area contributed by atoms with Crippen molar-refractivity contribution in [3.05, 3.63) is 110 Å². The first kappa shape index (κ1) is 20.5. The number of nitrogens with zero attached hydrogens (tertiary/aromatic N) is 2. The summed E-state index contributed by atoms with van der Waals surface area (Å²) in [5.41, 5.74) is 5.91. The highest BCUT2D eigenvalue weighted by Crippen LogP contribution is 2.49. The Bertz CT molecular complexity index is 1370. The summed E-state index contributed by atoms with van der Waals surface area (Å²) in [4.78, 5) is 14.9.